The first kappa shape index (κ1) is 28.6. The van der Waals surface area contributed by atoms with Crippen LogP contribution in [0.1, 0.15) is 37.8 Å². The van der Waals surface area contributed by atoms with Crippen LogP contribution >= 0.6 is 0 Å². The van der Waals surface area contributed by atoms with Crippen molar-refractivity contribution < 1.29 is 24.6 Å². The van der Waals surface area contributed by atoms with Crippen LogP contribution in [0.3, 0.4) is 0 Å². The van der Waals surface area contributed by atoms with Crippen LogP contribution in [0.2, 0.25) is 0 Å². The summed E-state index contributed by atoms with van der Waals surface area (Å²) in [6.07, 6.45) is 5.45. The van der Waals surface area contributed by atoms with Crippen LogP contribution in [0, 0.1) is 17.8 Å². The summed E-state index contributed by atoms with van der Waals surface area (Å²) in [5.74, 6) is 1.15. The van der Waals surface area contributed by atoms with Gasteiger partial charge in [-0.05, 0) is 43.1 Å². The lowest BCUT2D eigenvalue weighted by Crippen LogP contribution is -2.58. The number of rotatable bonds is 10. The average Bonchev–Trinajstić information content (AvgIpc) is 3.28. The zero-order valence-corrected chi connectivity index (χ0v) is 21.9. The molecule has 2 amide bonds. The molecule has 0 aromatic heterocycles. The fourth-order valence-electron chi connectivity index (χ4n) is 5.12. The molecule has 2 aliphatic heterocycles. The molecule has 0 saturated carbocycles. The number of hydrogen-bond donors (Lipinski definition) is 5. The predicted octanol–water partition coefficient (Wildman–Crippen LogP) is -0.391. The summed E-state index contributed by atoms with van der Waals surface area (Å²) < 4.78 is 0. The summed E-state index contributed by atoms with van der Waals surface area (Å²) >= 11 is 0. The standard InChI is InChI=1S/C27H39N5O5/c1-5-18-6-8-19(9-7-18)15-30-24(34)22-14-20(33)16-32(22)25(35)23(28-4)27(2,3)10-12-31-13-11-29-21(17-31)26(36)37/h1,6-9,20-23,28-29,33H,10-17H2,2-4H3,(H,30,34)(H,36,37)/t20-,21-,22+,23+/m1/s1. The van der Waals surface area contributed by atoms with Crippen LogP contribution in [0.25, 0.3) is 0 Å². The minimum absolute atomic E-state index is 0.0974. The number of carbonyl (C=O) groups is 3. The number of carbonyl (C=O) groups excluding carboxylic acids is 2. The molecule has 2 aliphatic rings. The second kappa shape index (κ2) is 12.5. The van der Waals surface area contributed by atoms with E-state index in [1.54, 1.807) is 19.2 Å². The number of terminal acetylenes is 1. The Morgan fingerprint density at radius 3 is 2.57 bits per heavy atom. The molecule has 0 bridgehead atoms. The number of likely N-dealkylation sites (N-methyl/N-ethyl adjacent to an activating group) is 1. The number of nitrogens with one attached hydrogen (secondary N) is 3. The number of aliphatic hydroxyl groups is 1. The molecule has 202 valence electrons. The molecule has 37 heavy (non-hydrogen) atoms. The minimum Gasteiger partial charge on any atom is -0.480 e. The lowest BCUT2D eigenvalue weighted by molar-refractivity contribution is -0.142. The number of nitrogens with zero attached hydrogens (tertiary/aromatic N) is 2. The van der Waals surface area contributed by atoms with Gasteiger partial charge in [-0.3, -0.25) is 19.3 Å². The van der Waals surface area contributed by atoms with Gasteiger partial charge in [-0.25, -0.2) is 0 Å². The van der Waals surface area contributed by atoms with E-state index in [1.807, 2.05) is 26.0 Å². The summed E-state index contributed by atoms with van der Waals surface area (Å²) in [5.41, 5.74) is 1.16. The predicted molar refractivity (Wildman–Crippen MR) is 139 cm³/mol. The largest absolute Gasteiger partial charge is 0.480 e. The number of hydrogen-bond acceptors (Lipinski definition) is 7. The van der Waals surface area contributed by atoms with E-state index in [2.05, 4.69) is 26.8 Å². The molecule has 2 saturated heterocycles. The molecular formula is C27H39N5O5. The van der Waals surface area contributed by atoms with Gasteiger partial charge in [0.25, 0.3) is 0 Å². The normalized spacial score (nSPS) is 23.3. The van der Waals surface area contributed by atoms with Gasteiger partial charge in [-0.15, -0.1) is 6.42 Å². The summed E-state index contributed by atoms with van der Waals surface area (Å²) in [5, 5.41) is 28.7. The molecule has 2 heterocycles. The van der Waals surface area contributed by atoms with Crippen LogP contribution in [-0.2, 0) is 20.9 Å². The quantitative estimate of drug-likeness (QED) is 0.267. The highest BCUT2D eigenvalue weighted by atomic mass is 16.4. The maximum atomic E-state index is 13.7. The van der Waals surface area contributed by atoms with Crippen molar-refractivity contribution in [3.05, 3.63) is 35.4 Å². The fourth-order valence-corrected chi connectivity index (χ4v) is 5.12. The van der Waals surface area contributed by atoms with Crippen LogP contribution in [0.5, 0.6) is 0 Å². The molecular weight excluding hydrogens is 474 g/mol. The summed E-state index contributed by atoms with van der Waals surface area (Å²) in [6, 6.07) is 5.36. The molecule has 0 aliphatic carbocycles. The van der Waals surface area contributed by atoms with E-state index in [1.165, 1.54) is 4.90 Å². The van der Waals surface area contributed by atoms with Crippen molar-refractivity contribution in [3.63, 3.8) is 0 Å². The van der Waals surface area contributed by atoms with E-state index in [4.69, 9.17) is 6.42 Å². The maximum absolute atomic E-state index is 13.7. The zero-order chi connectivity index (χ0) is 27.2. The van der Waals surface area contributed by atoms with E-state index < -0.39 is 35.6 Å². The highest BCUT2D eigenvalue weighted by Crippen LogP contribution is 2.30. The van der Waals surface area contributed by atoms with E-state index in [0.717, 1.165) is 17.7 Å². The molecule has 0 spiro atoms. The Balaban J connectivity index is 1.62. The fraction of sp³-hybridized carbons (Fsp3) is 0.593. The van der Waals surface area contributed by atoms with Crippen LogP contribution < -0.4 is 16.0 Å². The van der Waals surface area contributed by atoms with Gasteiger partial charge in [0.1, 0.15) is 12.1 Å². The number of aliphatic hydroxyl groups excluding tert-OH is 1. The highest BCUT2D eigenvalue weighted by molar-refractivity contribution is 5.91. The van der Waals surface area contributed by atoms with Gasteiger partial charge in [-0.2, -0.15) is 0 Å². The number of carboxylic acid groups (broad SMARTS) is 1. The van der Waals surface area contributed by atoms with Crippen molar-refractivity contribution in [2.45, 2.75) is 57.5 Å². The van der Waals surface area contributed by atoms with Crippen molar-refractivity contribution in [1.29, 1.82) is 0 Å². The number of β-amino-alcohol motifs (C(OH)–C–C–N with tert-alkyl or cyclic N) is 1. The first-order chi connectivity index (χ1) is 17.6. The summed E-state index contributed by atoms with van der Waals surface area (Å²) in [4.78, 5) is 41.7. The Morgan fingerprint density at radius 1 is 1.24 bits per heavy atom. The first-order valence-corrected chi connectivity index (χ1v) is 12.7. The van der Waals surface area contributed by atoms with Crippen molar-refractivity contribution >= 4 is 17.8 Å². The third kappa shape index (κ3) is 7.29. The number of piperazine rings is 1. The number of benzene rings is 1. The van der Waals surface area contributed by atoms with Gasteiger partial charge >= 0.3 is 5.97 Å². The number of likely N-dealkylation sites (tertiary alicyclic amines) is 1. The molecule has 1 aromatic carbocycles. The second-order valence-electron chi connectivity index (χ2n) is 10.6. The number of amides is 2. The Kier molecular flexibility index (Phi) is 9.68. The molecule has 5 N–H and O–H groups in total. The van der Waals surface area contributed by atoms with E-state index in [0.29, 0.717) is 32.6 Å². The second-order valence-corrected chi connectivity index (χ2v) is 10.6. The van der Waals surface area contributed by atoms with Crippen LogP contribution in [0.15, 0.2) is 24.3 Å². The van der Waals surface area contributed by atoms with E-state index in [-0.39, 0.29) is 24.8 Å². The lowest BCUT2D eigenvalue weighted by Gasteiger charge is -2.39. The minimum atomic E-state index is -0.867. The number of aliphatic carboxylic acids is 1. The molecule has 3 rings (SSSR count). The molecule has 1 aromatic rings. The maximum Gasteiger partial charge on any atom is 0.322 e. The molecule has 4 atom stereocenters. The highest BCUT2D eigenvalue weighted by Gasteiger charge is 2.44. The topological polar surface area (TPSA) is 134 Å². The molecule has 2 fully saturated rings. The zero-order valence-electron chi connectivity index (χ0n) is 21.9. The average molecular weight is 514 g/mol. The summed E-state index contributed by atoms with van der Waals surface area (Å²) in [7, 11) is 1.72. The van der Waals surface area contributed by atoms with Crippen molar-refractivity contribution in [2.75, 3.05) is 39.8 Å². The van der Waals surface area contributed by atoms with Crippen LogP contribution in [0.4, 0.5) is 0 Å². The Hall–Kier alpha value is -2.97. The third-order valence-corrected chi connectivity index (χ3v) is 7.40. The molecule has 0 radical (unpaired) electrons. The van der Waals surface area contributed by atoms with Crippen molar-refractivity contribution in [3.8, 4) is 12.3 Å². The lowest BCUT2D eigenvalue weighted by atomic mass is 9.80. The van der Waals surface area contributed by atoms with Gasteiger partial charge in [0.05, 0.1) is 12.1 Å². The van der Waals surface area contributed by atoms with Crippen molar-refractivity contribution in [1.82, 2.24) is 25.8 Å². The van der Waals surface area contributed by atoms with Gasteiger partial charge < -0.3 is 31.1 Å². The Labute approximate surface area is 218 Å². The Bertz CT molecular complexity index is 1010. The monoisotopic (exact) mass is 513 g/mol. The van der Waals surface area contributed by atoms with Gasteiger partial charge in [0.15, 0.2) is 0 Å². The van der Waals surface area contributed by atoms with Crippen LogP contribution in [-0.4, -0.2) is 102 Å². The number of carboxylic acids is 1. The smallest absolute Gasteiger partial charge is 0.322 e. The Morgan fingerprint density at radius 2 is 1.95 bits per heavy atom. The van der Waals surface area contributed by atoms with Gasteiger partial charge in [0, 0.05) is 44.7 Å². The van der Waals surface area contributed by atoms with Gasteiger partial charge in [-0.1, -0.05) is 31.9 Å². The molecule has 10 nitrogen and oxygen atoms in total. The van der Waals surface area contributed by atoms with Gasteiger partial charge in [0.2, 0.25) is 11.8 Å². The van der Waals surface area contributed by atoms with Crippen molar-refractivity contribution in [2.24, 2.45) is 5.41 Å². The molecule has 10 heteroatoms. The molecule has 0 unspecified atom stereocenters. The summed E-state index contributed by atoms with van der Waals surface area (Å²) in [6.45, 7) is 6.77. The van der Waals surface area contributed by atoms with E-state index >= 15 is 0 Å². The SMILES string of the molecule is C#Cc1ccc(CNC(=O)[C@@H]2C[C@@H](O)CN2C(=O)[C@H](NC)C(C)(C)CCN2CCN[C@@H](C(=O)O)C2)cc1. The van der Waals surface area contributed by atoms with E-state index in [9.17, 15) is 24.6 Å². The third-order valence-electron chi connectivity index (χ3n) is 7.40. The first-order valence-electron chi connectivity index (χ1n) is 12.7.